The molecule has 1 aliphatic heterocycles. The Morgan fingerprint density at radius 2 is 2.25 bits per heavy atom. The molecule has 1 aromatic heterocycles. The number of rotatable bonds is 5. The highest BCUT2D eigenvalue weighted by Crippen LogP contribution is 2.49. The second kappa shape index (κ2) is 6.18. The summed E-state index contributed by atoms with van der Waals surface area (Å²) < 4.78 is 0. The van der Waals surface area contributed by atoms with Crippen molar-refractivity contribution in [1.29, 1.82) is 0 Å². The fourth-order valence-electron chi connectivity index (χ4n) is 4.17. The smallest absolute Gasteiger partial charge is 0.311 e. The number of nitrogens with one attached hydrogen (secondary N) is 1. The summed E-state index contributed by atoms with van der Waals surface area (Å²) in [6.45, 7) is 2.27. The van der Waals surface area contributed by atoms with Gasteiger partial charge in [-0.1, -0.05) is 24.6 Å². The molecule has 0 amide bonds. The largest absolute Gasteiger partial charge is 0.481 e. The Kier molecular flexibility index (Phi) is 4.02. The van der Waals surface area contributed by atoms with E-state index in [9.17, 15) is 9.90 Å². The number of aliphatic carboxylic acids is 1. The number of benzene rings is 1. The molecule has 4 rings (SSSR count). The molecule has 1 aromatic carbocycles. The van der Waals surface area contributed by atoms with E-state index in [2.05, 4.69) is 20.6 Å². The lowest BCUT2D eigenvalue weighted by Crippen LogP contribution is -2.35. The van der Waals surface area contributed by atoms with Gasteiger partial charge >= 0.3 is 5.97 Å². The van der Waals surface area contributed by atoms with Gasteiger partial charge in [0.05, 0.1) is 11.1 Å². The van der Waals surface area contributed by atoms with Crippen LogP contribution in [0.25, 0.3) is 0 Å². The maximum atomic E-state index is 11.8. The Morgan fingerprint density at radius 3 is 3.00 bits per heavy atom. The molecular weight excluding hydrogens is 322 g/mol. The molecule has 2 aromatic rings. The molecule has 1 saturated carbocycles. The van der Waals surface area contributed by atoms with Crippen molar-refractivity contribution in [3.63, 3.8) is 0 Å². The zero-order valence-electron chi connectivity index (χ0n) is 13.4. The van der Waals surface area contributed by atoms with Gasteiger partial charge in [-0.3, -0.25) is 9.69 Å². The van der Waals surface area contributed by atoms with Crippen molar-refractivity contribution >= 4 is 28.1 Å². The SMILES string of the molecule is O=C(O)[C@@]12CCC[C@H]1CN(Cc1csc(Nc3ccccc3)n1)C2. The third-order valence-corrected chi connectivity index (χ3v) is 6.14. The van der Waals surface area contributed by atoms with E-state index in [1.165, 1.54) is 0 Å². The van der Waals surface area contributed by atoms with Gasteiger partial charge in [0.2, 0.25) is 0 Å². The molecule has 0 spiro atoms. The molecule has 1 aliphatic carbocycles. The molecule has 2 fully saturated rings. The van der Waals surface area contributed by atoms with Crippen LogP contribution in [0.15, 0.2) is 35.7 Å². The maximum Gasteiger partial charge on any atom is 0.311 e. The Bertz CT molecular complexity index is 733. The first-order valence-electron chi connectivity index (χ1n) is 8.38. The zero-order valence-corrected chi connectivity index (χ0v) is 14.3. The van der Waals surface area contributed by atoms with E-state index in [1.807, 2.05) is 30.3 Å². The summed E-state index contributed by atoms with van der Waals surface area (Å²) in [5, 5.41) is 15.9. The summed E-state index contributed by atoms with van der Waals surface area (Å²) in [6.07, 6.45) is 2.91. The second-order valence-corrected chi connectivity index (χ2v) is 7.71. The molecule has 2 heterocycles. The minimum absolute atomic E-state index is 0.301. The molecule has 0 bridgehead atoms. The topological polar surface area (TPSA) is 65.5 Å². The van der Waals surface area contributed by atoms with E-state index in [4.69, 9.17) is 0 Å². The molecule has 2 N–H and O–H groups in total. The first-order chi connectivity index (χ1) is 11.7. The molecule has 0 radical (unpaired) electrons. The van der Waals surface area contributed by atoms with Crippen LogP contribution in [0.1, 0.15) is 25.0 Å². The van der Waals surface area contributed by atoms with Crippen LogP contribution in [0, 0.1) is 11.3 Å². The van der Waals surface area contributed by atoms with Gasteiger partial charge in [-0.25, -0.2) is 4.98 Å². The third-order valence-electron chi connectivity index (χ3n) is 5.33. The zero-order chi connectivity index (χ0) is 16.6. The van der Waals surface area contributed by atoms with Gasteiger partial charge in [-0.05, 0) is 30.9 Å². The van der Waals surface area contributed by atoms with Crippen molar-refractivity contribution in [3.05, 3.63) is 41.4 Å². The molecule has 126 valence electrons. The summed E-state index contributed by atoms with van der Waals surface area (Å²) in [5.74, 6) is -0.312. The van der Waals surface area contributed by atoms with Crippen LogP contribution in [0.3, 0.4) is 0 Å². The Labute approximate surface area is 145 Å². The van der Waals surface area contributed by atoms with E-state index in [0.717, 1.165) is 48.9 Å². The lowest BCUT2D eigenvalue weighted by atomic mass is 9.81. The van der Waals surface area contributed by atoms with Gasteiger partial charge in [0.25, 0.3) is 0 Å². The van der Waals surface area contributed by atoms with Gasteiger partial charge in [-0.2, -0.15) is 0 Å². The number of fused-ring (bicyclic) bond motifs is 1. The minimum atomic E-state index is -0.614. The number of para-hydroxylation sites is 1. The van der Waals surface area contributed by atoms with Crippen LogP contribution in [0.4, 0.5) is 10.8 Å². The summed E-state index contributed by atoms with van der Waals surface area (Å²) in [4.78, 5) is 18.7. The molecule has 0 unspecified atom stereocenters. The van der Waals surface area contributed by atoms with Crippen LogP contribution >= 0.6 is 11.3 Å². The van der Waals surface area contributed by atoms with E-state index in [0.29, 0.717) is 12.5 Å². The van der Waals surface area contributed by atoms with Crippen LogP contribution in [-0.2, 0) is 11.3 Å². The highest BCUT2D eigenvalue weighted by atomic mass is 32.1. The van der Waals surface area contributed by atoms with Crippen LogP contribution in [0.5, 0.6) is 0 Å². The fourth-order valence-corrected chi connectivity index (χ4v) is 4.90. The van der Waals surface area contributed by atoms with E-state index in [1.54, 1.807) is 11.3 Å². The molecule has 2 atom stereocenters. The van der Waals surface area contributed by atoms with Crippen LogP contribution in [0.2, 0.25) is 0 Å². The number of carboxylic acids is 1. The number of carbonyl (C=O) groups is 1. The number of hydrogen-bond acceptors (Lipinski definition) is 5. The van der Waals surface area contributed by atoms with Gasteiger partial charge in [-0.15, -0.1) is 11.3 Å². The summed E-state index contributed by atoms with van der Waals surface area (Å²) >= 11 is 1.59. The van der Waals surface area contributed by atoms with Gasteiger partial charge in [0, 0.05) is 30.7 Å². The standard InChI is InChI=1S/C18H21N3O2S/c22-16(23)18-8-4-5-13(18)9-21(12-18)10-15-11-24-17(20-15)19-14-6-2-1-3-7-14/h1-3,6-7,11,13H,4-5,8-10,12H2,(H,19,20)(H,22,23)/t13-,18+/m0/s1. The van der Waals surface area contributed by atoms with E-state index in [-0.39, 0.29) is 0 Å². The average Bonchev–Trinajstić information content (AvgIpc) is 3.23. The molecule has 1 saturated heterocycles. The highest BCUT2D eigenvalue weighted by molar-refractivity contribution is 7.13. The van der Waals surface area contributed by atoms with Crippen molar-refractivity contribution in [2.45, 2.75) is 25.8 Å². The summed E-state index contributed by atoms with van der Waals surface area (Å²) in [6, 6.07) is 10.00. The molecule has 24 heavy (non-hydrogen) atoms. The lowest BCUT2D eigenvalue weighted by molar-refractivity contribution is -0.149. The number of anilines is 2. The highest BCUT2D eigenvalue weighted by Gasteiger charge is 2.54. The predicted molar refractivity (Wildman–Crippen MR) is 94.5 cm³/mol. The molecule has 2 aliphatic rings. The Morgan fingerprint density at radius 1 is 1.42 bits per heavy atom. The first-order valence-corrected chi connectivity index (χ1v) is 9.26. The predicted octanol–water partition coefficient (Wildman–Crippen LogP) is 3.57. The van der Waals surface area contributed by atoms with Crippen molar-refractivity contribution in [2.24, 2.45) is 11.3 Å². The third kappa shape index (κ3) is 2.80. The lowest BCUT2D eigenvalue weighted by Gasteiger charge is -2.23. The number of thiazole rings is 1. The molecular formula is C18H21N3O2S. The Balaban J connectivity index is 1.41. The number of likely N-dealkylation sites (tertiary alicyclic amines) is 1. The number of hydrogen-bond donors (Lipinski definition) is 2. The minimum Gasteiger partial charge on any atom is -0.481 e. The van der Waals surface area contributed by atoms with Gasteiger partial charge in [0.15, 0.2) is 5.13 Å². The summed E-state index contributed by atoms with van der Waals surface area (Å²) in [5.41, 5.74) is 1.53. The van der Waals surface area contributed by atoms with Gasteiger partial charge in [0.1, 0.15) is 0 Å². The quantitative estimate of drug-likeness (QED) is 0.869. The Hall–Kier alpha value is -1.92. The number of aromatic nitrogens is 1. The summed E-state index contributed by atoms with van der Waals surface area (Å²) in [7, 11) is 0. The van der Waals surface area contributed by atoms with Crippen LogP contribution in [-0.4, -0.2) is 34.0 Å². The number of carboxylic acid groups (broad SMARTS) is 1. The normalized spacial score (nSPS) is 26.4. The van der Waals surface area contributed by atoms with Crippen molar-refractivity contribution < 1.29 is 9.90 Å². The first kappa shape index (κ1) is 15.6. The molecule has 6 heteroatoms. The average molecular weight is 343 g/mol. The van der Waals surface area contributed by atoms with Crippen molar-refractivity contribution in [1.82, 2.24) is 9.88 Å². The van der Waals surface area contributed by atoms with Crippen LogP contribution < -0.4 is 5.32 Å². The van der Waals surface area contributed by atoms with Crippen molar-refractivity contribution in [2.75, 3.05) is 18.4 Å². The maximum absolute atomic E-state index is 11.8. The van der Waals surface area contributed by atoms with Crippen molar-refractivity contribution in [3.8, 4) is 0 Å². The monoisotopic (exact) mass is 343 g/mol. The fraction of sp³-hybridized carbons (Fsp3) is 0.444. The van der Waals surface area contributed by atoms with E-state index < -0.39 is 11.4 Å². The molecule has 5 nitrogen and oxygen atoms in total. The number of nitrogens with zero attached hydrogens (tertiary/aromatic N) is 2. The second-order valence-electron chi connectivity index (χ2n) is 6.86. The van der Waals surface area contributed by atoms with E-state index >= 15 is 0 Å². The van der Waals surface area contributed by atoms with Gasteiger partial charge < -0.3 is 10.4 Å².